The van der Waals surface area contributed by atoms with Gasteiger partial charge in [0.2, 0.25) is 5.91 Å². The highest BCUT2D eigenvalue weighted by atomic mass is 16.3. The molecule has 1 rings (SSSR count). The maximum Gasteiger partial charge on any atom is 0.224 e. The van der Waals surface area contributed by atoms with Gasteiger partial charge < -0.3 is 15.7 Å². The Morgan fingerprint density at radius 1 is 1.60 bits per heavy atom. The van der Waals surface area contributed by atoms with Crippen molar-refractivity contribution in [2.24, 2.45) is 11.3 Å². The second-order valence-corrected chi connectivity index (χ2v) is 5.08. The Balaban J connectivity index is 2.28. The van der Waals surface area contributed by atoms with Gasteiger partial charge in [0, 0.05) is 25.1 Å². The Labute approximate surface area is 91.4 Å². The summed E-state index contributed by atoms with van der Waals surface area (Å²) in [7, 11) is 0. The molecule has 15 heavy (non-hydrogen) atoms. The Kier molecular flexibility index (Phi) is 4.54. The first-order valence-corrected chi connectivity index (χ1v) is 5.64. The first kappa shape index (κ1) is 12.5. The lowest BCUT2D eigenvalue weighted by molar-refractivity contribution is -0.126. The molecule has 1 amide bonds. The summed E-state index contributed by atoms with van der Waals surface area (Å²) in [6, 6.07) is 0. The number of hydrogen-bond donors (Lipinski definition) is 3. The summed E-state index contributed by atoms with van der Waals surface area (Å²) in [5.41, 5.74) is -0.224. The van der Waals surface area contributed by atoms with Crippen LogP contribution >= 0.6 is 0 Å². The molecule has 0 bridgehead atoms. The zero-order chi connectivity index (χ0) is 11.3. The molecular weight excluding hydrogens is 192 g/mol. The molecule has 1 aliphatic heterocycles. The van der Waals surface area contributed by atoms with Crippen molar-refractivity contribution in [3.05, 3.63) is 0 Å². The van der Waals surface area contributed by atoms with E-state index in [1.165, 1.54) is 0 Å². The Morgan fingerprint density at radius 2 is 2.33 bits per heavy atom. The lowest BCUT2D eigenvalue weighted by atomic mass is 9.93. The van der Waals surface area contributed by atoms with Crippen molar-refractivity contribution in [1.29, 1.82) is 0 Å². The predicted octanol–water partition coefficient (Wildman–Crippen LogP) is 0.121. The van der Waals surface area contributed by atoms with Crippen molar-refractivity contribution in [1.82, 2.24) is 10.6 Å². The van der Waals surface area contributed by atoms with Crippen LogP contribution in [-0.2, 0) is 4.79 Å². The van der Waals surface area contributed by atoms with Gasteiger partial charge in [-0.1, -0.05) is 13.8 Å². The van der Waals surface area contributed by atoms with E-state index in [0.717, 1.165) is 25.9 Å². The number of nitrogens with one attached hydrogen (secondary N) is 2. The van der Waals surface area contributed by atoms with E-state index in [0.29, 0.717) is 6.54 Å². The minimum absolute atomic E-state index is 0.0934. The van der Waals surface area contributed by atoms with Crippen LogP contribution < -0.4 is 10.6 Å². The molecular formula is C11H22N2O2. The van der Waals surface area contributed by atoms with Crippen LogP contribution in [0.25, 0.3) is 0 Å². The van der Waals surface area contributed by atoms with Crippen molar-refractivity contribution in [3.8, 4) is 0 Å². The number of amides is 1. The number of aliphatic hydroxyl groups is 1. The summed E-state index contributed by atoms with van der Waals surface area (Å²) in [6.45, 7) is 6.31. The molecule has 0 radical (unpaired) electrons. The van der Waals surface area contributed by atoms with Crippen LogP contribution in [0.2, 0.25) is 0 Å². The lowest BCUT2D eigenvalue weighted by Crippen LogP contribution is -2.44. The van der Waals surface area contributed by atoms with Crippen molar-refractivity contribution in [2.75, 3.05) is 26.2 Å². The molecule has 3 N–H and O–H groups in total. The molecule has 1 saturated heterocycles. The molecule has 88 valence electrons. The quantitative estimate of drug-likeness (QED) is 0.623. The SMILES string of the molecule is CC(C)(CO)CNC(=O)C1CCCNC1. The Hall–Kier alpha value is -0.610. The smallest absolute Gasteiger partial charge is 0.224 e. The fourth-order valence-electron chi connectivity index (χ4n) is 1.60. The van der Waals surface area contributed by atoms with Crippen molar-refractivity contribution in [3.63, 3.8) is 0 Å². The topological polar surface area (TPSA) is 61.4 Å². The summed E-state index contributed by atoms with van der Waals surface area (Å²) in [5, 5.41) is 15.2. The average Bonchev–Trinajstić information content (AvgIpc) is 2.27. The highest BCUT2D eigenvalue weighted by molar-refractivity contribution is 5.79. The van der Waals surface area contributed by atoms with E-state index in [4.69, 9.17) is 5.11 Å². The second kappa shape index (κ2) is 5.47. The van der Waals surface area contributed by atoms with Crippen LogP contribution in [0.1, 0.15) is 26.7 Å². The van der Waals surface area contributed by atoms with Crippen LogP contribution in [0.4, 0.5) is 0 Å². The number of piperidine rings is 1. The Bertz CT molecular complexity index is 211. The summed E-state index contributed by atoms with van der Waals surface area (Å²) >= 11 is 0. The maximum absolute atomic E-state index is 11.7. The van der Waals surface area contributed by atoms with E-state index in [1.54, 1.807) is 0 Å². The minimum Gasteiger partial charge on any atom is -0.396 e. The molecule has 0 aromatic heterocycles. The van der Waals surface area contributed by atoms with Gasteiger partial charge in [-0.05, 0) is 19.4 Å². The van der Waals surface area contributed by atoms with E-state index in [-0.39, 0.29) is 23.8 Å². The second-order valence-electron chi connectivity index (χ2n) is 5.08. The van der Waals surface area contributed by atoms with E-state index in [9.17, 15) is 4.79 Å². The number of hydrogen-bond acceptors (Lipinski definition) is 3. The van der Waals surface area contributed by atoms with Crippen LogP contribution in [0.5, 0.6) is 0 Å². The van der Waals surface area contributed by atoms with Gasteiger partial charge in [0.15, 0.2) is 0 Å². The number of carbonyl (C=O) groups excluding carboxylic acids is 1. The molecule has 4 nitrogen and oxygen atoms in total. The van der Waals surface area contributed by atoms with Gasteiger partial charge in [-0.3, -0.25) is 4.79 Å². The highest BCUT2D eigenvalue weighted by Crippen LogP contribution is 2.13. The summed E-state index contributed by atoms with van der Waals surface area (Å²) in [6.07, 6.45) is 2.04. The lowest BCUT2D eigenvalue weighted by Gasteiger charge is -2.26. The first-order chi connectivity index (χ1) is 7.05. The summed E-state index contributed by atoms with van der Waals surface area (Å²) < 4.78 is 0. The van der Waals surface area contributed by atoms with Crippen LogP contribution in [0.15, 0.2) is 0 Å². The molecule has 0 aliphatic carbocycles. The van der Waals surface area contributed by atoms with E-state index >= 15 is 0 Å². The molecule has 1 atom stereocenters. The van der Waals surface area contributed by atoms with Gasteiger partial charge in [-0.2, -0.15) is 0 Å². The number of rotatable bonds is 4. The van der Waals surface area contributed by atoms with Crippen molar-refractivity contribution in [2.45, 2.75) is 26.7 Å². The molecule has 0 saturated carbocycles. The van der Waals surface area contributed by atoms with Gasteiger partial charge in [-0.25, -0.2) is 0 Å². The van der Waals surface area contributed by atoms with Gasteiger partial charge in [0.05, 0.1) is 5.92 Å². The summed E-state index contributed by atoms with van der Waals surface area (Å²) in [4.78, 5) is 11.7. The molecule has 0 aromatic rings. The molecule has 1 unspecified atom stereocenters. The van der Waals surface area contributed by atoms with Gasteiger partial charge >= 0.3 is 0 Å². The third-order valence-corrected chi connectivity index (χ3v) is 2.84. The largest absolute Gasteiger partial charge is 0.396 e. The monoisotopic (exact) mass is 214 g/mol. The fraction of sp³-hybridized carbons (Fsp3) is 0.909. The molecule has 1 aliphatic rings. The molecule has 0 spiro atoms. The Morgan fingerprint density at radius 3 is 2.87 bits per heavy atom. The van der Waals surface area contributed by atoms with Gasteiger partial charge in [0.1, 0.15) is 0 Å². The van der Waals surface area contributed by atoms with E-state index in [2.05, 4.69) is 10.6 Å². The van der Waals surface area contributed by atoms with Crippen LogP contribution in [0.3, 0.4) is 0 Å². The molecule has 1 heterocycles. The third-order valence-electron chi connectivity index (χ3n) is 2.84. The predicted molar refractivity (Wildman–Crippen MR) is 59.5 cm³/mol. The van der Waals surface area contributed by atoms with Gasteiger partial charge in [-0.15, -0.1) is 0 Å². The molecule has 0 aromatic carbocycles. The van der Waals surface area contributed by atoms with E-state index in [1.807, 2.05) is 13.8 Å². The molecule has 4 heteroatoms. The average molecular weight is 214 g/mol. The first-order valence-electron chi connectivity index (χ1n) is 5.64. The van der Waals surface area contributed by atoms with Crippen LogP contribution in [-0.4, -0.2) is 37.3 Å². The standard InChI is InChI=1S/C11H22N2O2/c1-11(2,8-14)7-13-10(15)9-4-3-5-12-6-9/h9,12,14H,3-8H2,1-2H3,(H,13,15). The number of aliphatic hydroxyl groups excluding tert-OH is 1. The highest BCUT2D eigenvalue weighted by Gasteiger charge is 2.23. The normalized spacial score (nSPS) is 22.5. The van der Waals surface area contributed by atoms with Crippen LogP contribution in [0, 0.1) is 11.3 Å². The van der Waals surface area contributed by atoms with Gasteiger partial charge in [0.25, 0.3) is 0 Å². The van der Waals surface area contributed by atoms with Crippen molar-refractivity contribution >= 4 is 5.91 Å². The zero-order valence-electron chi connectivity index (χ0n) is 9.68. The summed E-state index contributed by atoms with van der Waals surface area (Å²) in [5.74, 6) is 0.219. The zero-order valence-corrected chi connectivity index (χ0v) is 9.68. The van der Waals surface area contributed by atoms with Crippen molar-refractivity contribution < 1.29 is 9.90 Å². The third kappa shape index (κ3) is 4.18. The fourth-order valence-corrected chi connectivity index (χ4v) is 1.60. The minimum atomic E-state index is -0.224. The molecule has 1 fully saturated rings. The maximum atomic E-state index is 11.7. The number of carbonyl (C=O) groups is 1. The van der Waals surface area contributed by atoms with E-state index < -0.39 is 0 Å².